The Morgan fingerprint density at radius 2 is 2.17 bits per heavy atom. The average molecular weight is 264 g/mol. The summed E-state index contributed by atoms with van der Waals surface area (Å²) in [5.41, 5.74) is 1.36. The molecule has 0 radical (unpaired) electrons. The van der Waals surface area contributed by atoms with E-state index in [9.17, 15) is 0 Å². The zero-order chi connectivity index (χ0) is 12.2. The average Bonchev–Trinajstić information content (AvgIpc) is 3.05. The quantitative estimate of drug-likeness (QED) is 0.805. The minimum absolute atomic E-state index is 1.05. The lowest BCUT2D eigenvalue weighted by Gasteiger charge is -2.14. The molecule has 18 heavy (non-hydrogen) atoms. The second kappa shape index (κ2) is 5.82. The van der Waals surface area contributed by atoms with Crippen LogP contribution >= 0.6 is 11.3 Å². The number of aromatic nitrogens is 2. The normalized spacial score (nSPS) is 16.9. The fraction of sp³-hybridized carbons (Fsp3) is 0.615. The molecule has 1 saturated heterocycles. The number of hydrogen-bond donors (Lipinski definition) is 1. The predicted octanol–water partition coefficient (Wildman–Crippen LogP) is 1.62. The molecule has 1 aliphatic heterocycles. The van der Waals surface area contributed by atoms with Crippen molar-refractivity contribution in [2.45, 2.75) is 19.3 Å². The van der Waals surface area contributed by atoms with Gasteiger partial charge in [-0.05, 0) is 25.9 Å². The van der Waals surface area contributed by atoms with Gasteiger partial charge in [0.25, 0.3) is 0 Å². The monoisotopic (exact) mass is 264 g/mol. The van der Waals surface area contributed by atoms with Gasteiger partial charge in [-0.1, -0.05) is 0 Å². The predicted molar refractivity (Wildman–Crippen MR) is 75.3 cm³/mol. The highest BCUT2D eigenvalue weighted by atomic mass is 32.1. The zero-order valence-corrected chi connectivity index (χ0v) is 11.5. The van der Waals surface area contributed by atoms with E-state index in [1.54, 1.807) is 11.3 Å². The molecule has 0 bridgehead atoms. The third-order valence-electron chi connectivity index (χ3n) is 3.58. The van der Waals surface area contributed by atoms with Crippen molar-refractivity contribution in [3.63, 3.8) is 0 Å². The molecule has 0 aromatic carbocycles. The van der Waals surface area contributed by atoms with Gasteiger partial charge in [-0.2, -0.15) is 0 Å². The van der Waals surface area contributed by atoms with Gasteiger partial charge in [-0.15, -0.1) is 11.3 Å². The van der Waals surface area contributed by atoms with Gasteiger partial charge in [0, 0.05) is 49.5 Å². The highest BCUT2D eigenvalue weighted by Gasteiger charge is 2.10. The molecule has 98 valence electrons. The number of nitrogens with zero attached hydrogens (tertiary/aromatic N) is 3. The van der Waals surface area contributed by atoms with E-state index in [-0.39, 0.29) is 0 Å². The Hall–Kier alpha value is -0.910. The van der Waals surface area contributed by atoms with Gasteiger partial charge in [0.15, 0.2) is 4.96 Å². The molecule has 0 spiro atoms. The Kier molecular flexibility index (Phi) is 3.93. The summed E-state index contributed by atoms with van der Waals surface area (Å²) < 4.78 is 2.19. The van der Waals surface area contributed by atoms with Crippen LogP contribution in [0, 0.1) is 0 Å². The summed E-state index contributed by atoms with van der Waals surface area (Å²) in [7, 11) is 0. The van der Waals surface area contributed by atoms with E-state index in [4.69, 9.17) is 0 Å². The molecule has 4 nitrogen and oxygen atoms in total. The van der Waals surface area contributed by atoms with Crippen molar-refractivity contribution in [1.29, 1.82) is 0 Å². The highest BCUT2D eigenvalue weighted by Crippen LogP contribution is 2.14. The lowest BCUT2D eigenvalue weighted by Crippen LogP contribution is -2.31. The van der Waals surface area contributed by atoms with Crippen LogP contribution in [0.25, 0.3) is 4.96 Å². The third-order valence-corrected chi connectivity index (χ3v) is 4.48. The summed E-state index contributed by atoms with van der Waals surface area (Å²) in [4.78, 5) is 7.94. The Morgan fingerprint density at radius 3 is 3.06 bits per heavy atom. The molecule has 0 unspecified atom stereocenters. The third kappa shape index (κ3) is 2.74. The van der Waals surface area contributed by atoms with E-state index in [1.807, 2.05) is 12.4 Å². The molecule has 3 rings (SSSR count). The minimum atomic E-state index is 1.05. The van der Waals surface area contributed by atoms with Gasteiger partial charge in [0.2, 0.25) is 0 Å². The maximum absolute atomic E-state index is 4.29. The van der Waals surface area contributed by atoms with Crippen LogP contribution in [-0.4, -0.2) is 47.0 Å². The number of nitrogens with one attached hydrogen (secondary N) is 1. The molecule has 0 saturated carbocycles. The van der Waals surface area contributed by atoms with Crippen molar-refractivity contribution in [2.24, 2.45) is 0 Å². The fourth-order valence-corrected chi connectivity index (χ4v) is 3.42. The smallest absolute Gasteiger partial charge is 0.193 e. The largest absolute Gasteiger partial charge is 0.315 e. The van der Waals surface area contributed by atoms with Gasteiger partial charge in [0.05, 0.1) is 0 Å². The van der Waals surface area contributed by atoms with Crippen LogP contribution in [-0.2, 0) is 6.42 Å². The van der Waals surface area contributed by atoms with Crippen molar-refractivity contribution >= 4 is 16.3 Å². The number of likely N-dealkylation sites (tertiary alicyclic amines) is 1. The number of hydrogen-bond acceptors (Lipinski definition) is 4. The van der Waals surface area contributed by atoms with Crippen LogP contribution in [0.4, 0.5) is 0 Å². The van der Waals surface area contributed by atoms with Crippen molar-refractivity contribution in [3.05, 3.63) is 23.5 Å². The molecule has 0 aliphatic carbocycles. The van der Waals surface area contributed by atoms with E-state index in [1.165, 1.54) is 38.2 Å². The SMILES string of the molecule is c1cn2c(CCNCCN3CCCC3)csc2n1. The summed E-state index contributed by atoms with van der Waals surface area (Å²) in [6.45, 7) is 5.95. The standard InChI is InChI=1S/C13H20N4S/c1-2-8-16(7-1)9-5-14-4-3-12-11-18-13-15-6-10-17(12)13/h6,10-11,14H,1-5,7-9H2. The molecule has 5 heteroatoms. The number of imidazole rings is 1. The Balaban J connectivity index is 1.38. The maximum atomic E-state index is 4.29. The molecule has 0 atom stereocenters. The van der Waals surface area contributed by atoms with Crippen LogP contribution in [0.1, 0.15) is 18.5 Å². The summed E-state index contributed by atoms with van der Waals surface area (Å²) in [5.74, 6) is 0. The maximum Gasteiger partial charge on any atom is 0.193 e. The van der Waals surface area contributed by atoms with Crippen molar-refractivity contribution in [2.75, 3.05) is 32.7 Å². The van der Waals surface area contributed by atoms with E-state index in [0.29, 0.717) is 0 Å². The van der Waals surface area contributed by atoms with E-state index in [2.05, 4.69) is 25.0 Å². The van der Waals surface area contributed by atoms with Crippen LogP contribution < -0.4 is 5.32 Å². The molecule has 0 amide bonds. The fourth-order valence-electron chi connectivity index (χ4n) is 2.54. The Bertz CT molecular complexity index is 484. The zero-order valence-electron chi connectivity index (χ0n) is 10.6. The molecule has 1 N–H and O–H groups in total. The molecule has 2 aromatic rings. The van der Waals surface area contributed by atoms with Crippen LogP contribution in [0.2, 0.25) is 0 Å². The molecular weight excluding hydrogens is 244 g/mol. The number of rotatable bonds is 6. The molecule has 1 aliphatic rings. The van der Waals surface area contributed by atoms with E-state index >= 15 is 0 Å². The van der Waals surface area contributed by atoms with Gasteiger partial charge in [-0.25, -0.2) is 4.98 Å². The van der Waals surface area contributed by atoms with Crippen LogP contribution in [0.3, 0.4) is 0 Å². The number of thiazole rings is 1. The first-order chi connectivity index (χ1) is 8.93. The van der Waals surface area contributed by atoms with Gasteiger partial charge in [-0.3, -0.25) is 4.40 Å². The van der Waals surface area contributed by atoms with Crippen LogP contribution in [0.15, 0.2) is 17.8 Å². The van der Waals surface area contributed by atoms with Crippen molar-refractivity contribution < 1.29 is 0 Å². The summed E-state index contributed by atoms with van der Waals surface area (Å²) in [5, 5.41) is 5.75. The van der Waals surface area contributed by atoms with Crippen molar-refractivity contribution in [3.8, 4) is 0 Å². The Labute approximate surface area is 112 Å². The topological polar surface area (TPSA) is 32.6 Å². The molecule has 2 aromatic heterocycles. The summed E-state index contributed by atoms with van der Waals surface area (Å²) >= 11 is 1.72. The van der Waals surface area contributed by atoms with Gasteiger partial charge < -0.3 is 10.2 Å². The lowest BCUT2D eigenvalue weighted by atomic mass is 10.3. The second-order valence-electron chi connectivity index (χ2n) is 4.86. The number of fused-ring (bicyclic) bond motifs is 1. The highest BCUT2D eigenvalue weighted by molar-refractivity contribution is 7.15. The van der Waals surface area contributed by atoms with Crippen molar-refractivity contribution in [1.82, 2.24) is 19.6 Å². The first-order valence-electron chi connectivity index (χ1n) is 6.76. The molecule has 3 heterocycles. The first kappa shape index (κ1) is 12.1. The molecule has 1 fully saturated rings. The van der Waals surface area contributed by atoms with Gasteiger partial charge in [0.1, 0.15) is 0 Å². The van der Waals surface area contributed by atoms with E-state index < -0.39 is 0 Å². The van der Waals surface area contributed by atoms with Gasteiger partial charge >= 0.3 is 0 Å². The minimum Gasteiger partial charge on any atom is -0.315 e. The van der Waals surface area contributed by atoms with E-state index in [0.717, 1.165) is 24.5 Å². The molecular formula is C13H20N4S. The Morgan fingerprint density at radius 1 is 1.28 bits per heavy atom. The lowest BCUT2D eigenvalue weighted by molar-refractivity contribution is 0.336. The summed E-state index contributed by atoms with van der Waals surface area (Å²) in [6, 6.07) is 0. The first-order valence-corrected chi connectivity index (χ1v) is 7.64. The van der Waals surface area contributed by atoms with Crippen LogP contribution in [0.5, 0.6) is 0 Å². The second-order valence-corrected chi connectivity index (χ2v) is 5.69. The summed E-state index contributed by atoms with van der Waals surface area (Å²) in [6.07, 6.45) is 7.76.